The molecule has 0 fully saturated rings. The van der Waals surface area contributed by atoms with Crippen LogP contribution in [0, 0.1) is 0 Å². The zero-order valence-electron chi connectivity index (χ0n) is 11.0. The summed E-state index contributed by atoms with van der Waals surface area (Å²) in [6.45, 7) is 0. The molecule has 3 aromatic rings. The van der Waals surface area contributed by atoms with Crippen LogP contribution < -0.4 is 5.32 Å². The molecule has 0 atom stereocenters. The lowest BCUT2D eigenvalue weighted by Gasteiger charge is -2.10. The van der Waals surface area contributed by atoms with Gasteiger partial charge in [0.2, 0.25) is 0 Å². The van der Waals surface area contributed by atoms with Crippen LogP contribution in [-0.2, 0) is 0 Å². The van der Waals surface area contributed by atoms with Crippen LogP contribution in [0.2, 0.25) is 0 Å². The second kappa shape index (κ2) is 6.20. The number of amides is 1. The highest BCUT2D eigenvalue weighted by Crippen LogP contribution is 2.34. The molecular formula is C17H12ClNOS. The van der Waals surface area contributed by atoms with Crippen molar-refractivity contribution >= 4 is 44.0 Å². The fourth-order valence-electron chi connectivity index (χ4n) is 2.23. The summed E-state index contributed by atoms with van der Waals surface area (Å²) in [6.07, 6.45) is 0. The first-order chi connectivity index (χ1) is 10.3. The van der Waals surface area contributed by atoms with Gasteiger partial charge in [0, 0.05) is 21.5 Å². The third-order valence-electron chi connectivity index (χ3n) is 3.25. The lowest BCUT2D eigenvalue weighted by atomic mass is 10.1. The van der Waals surface area contributed by atoms with E-state index in [-0.39, 0.29) is 5.91 Å². The summed E-state index contributed by atoms with van der Waals surface area (Å²) in [7, 11) is 7.07. The molecule has 0 aliphatic heterocycles. The summed E-state index contributed by atoms with van der Waals surface area (Å²) < 4.78 is 0. The molecule has 4 heteroatoms. The van der Waals surface area contributed by atoms with Crippen LogP contribution in [0.25, 0.3) is 10.8 Å². The van der Waals surface area contributed by atoms with E-state index >= 15 is 0 Å². The molecule has 104 valence electrons. The van der Waals surface area contributed by atoms with Crippen molar-refractivity contribution in [1.29, 1.82) is 0 Å². The number of benzene rings is 3. The van der Waals surface area contributed by atoms with E-state index in [1.165, 1.54) is 11.0 Å². The zero-order chi connectivity index (χ0) is 14.7. The Balaban J connectivity index is 2.00. The van der Waals surface area contributed by atoms with E-state index in [1.54, 1.807) is 12.1 Å². The number of halogens is 1. The van der Waals surface area contributed by atoms with Crippen LogP contribution in [0.5, 0.6) is 0 Å². The largest absolute Gasteiger partial charge is 0.321 e. The van der Waals surface area contributed by atoms with E-state index in [2.05, 4.69) is 5.32 Å². The number of anilines is 1. The highest BCUT2D eigenvalue weighted by atomic mass is 35.7. The number of carbonyl (C=O) groups is 1. The fourth-order valence-corrected chi connectivity index (χ4v) is 3.02. The molecule has 0 aliphatic rings. The summed E-state index contributed by atoms with van der Waals surface area (Å²) >= 11 is 0. The molecular weight excluding hydrogens is 302 g/mol. The molecule has 0 radical (unpaired) electrons. The maximum Gasteiger partial charge on any atom is 0.255 e. The Kier molecular flexibility index (Phi) is 4.13. The Bertz CT molecular complexity index is 789. The third kappa shape index (κ3) is 2.89. The van der Waals surface area contributed by atoms with Gasteiger partial charge in [0.1, 0.15) is 0 Å². The monoisotopic (exact) mass is 313 g/mol. The summed E-state index contributed by atoms with van der Waals surface area (Å²) in [5.74, 6) is -0.118. The summed E-state index contributed by atoms with van der Waals surface area (Å²) in [5.41, 5.74) is 1.42. The number of carbonyl (C=O) groups excluding carboxylic acids is 1. The maximum absolute atomic E-state index is 12.3. The summed E-state index contributed by atoms with van der Waals surface area (Å²) in [6, 6.07) is 20.9. The molecule has 3 aromatic carbocycles. The highest BCUT2D eigenvalue weighted by molar-refractivity contribution is 8.21. The SMILES string of the molecule is O=C(Nc1ccc(SCl)c2ccccc12)c1ccccc1. The second-order valence-electron chi connectivity index (χ2n) is 4.55. The Morgan fingerprint density at radius 1 is 0.857 bits per heavy atom. The van der Waals surface area contributed by atoms with E-state index < -0.39 is 0 Å². The van der Waals surface area contributed by atoms with Gasteiger partial charge in [-0.1, -0.05) is 42.5 Å². The number of rotatable bonds is 3. The number of fused-ring (bicyclic) bond motifs is 1. The van der Waals surface area contributed by atoms with Crippen LogP contribution >= 0.6 is 21.7 Å². The lowest BCUT2D eigenvalue weighted by Crippen LogP contribution is -2.11. The predicted octanol–water partition coefficient (Wildman–Crippen LogP) is 5.34. The van der Waals surface area contributed by atoms with Gasteiger partial charge in [-0.3, -0.25) is 4.79 Å². The molecule has 0 bridgehead atoms. The first kappa shape index (κ1) is 14.0. The molecule has 3 rings (SSSR count). The Hall–Kier alpha value is -1.97. The minimum Gasteiger partial charge on any atom is -0.321 e. The predicted molar refractivity (Wildman–Crippen MR) is 90.1 cm³/mol. The van der Waals surface area contributed by atoms with Crippen LogP contribution in [0.3, 0.4) is 0 Å². The number of hydrogen-bond acceptors (Lipinski definition) is 2. The highest BCUT2D eigenvalue weighted by Gasteiger charge is 2.09. The van der Waals surface area contributed by atoms with Crippen LogP contribution in [-0.4, -0.2) is 5.91 Å². The summed E-state index contributed by atoms with van der Waals surface area (Å²) in [4.78, 5) is 13.2. The first-order valence-electron chi connectivity index (χ1n) is 6.46. The van der Waals surface area contributed by atoms with Gasteiger partial charge in [-0.05, 0) is 51.3 Å². The van der Waals surface area contributed by atoms with Crippen molar-refractivity contribution in [3.05, 3.63) is 72.3 Å². The van der Waals surface area contributed by atoms with Crippen LogP contribution in [0.4, 0.5) is 5.69 Å². The molecule has 0 aliphatic carbocycles. The molecule has 0 saturated heterocycles. The zero-order valence-corrected chi connectivity index (χ0v) is 12.6. The molecule has 0 heterocycles. The minimum absolute atomic E-state index is 0.118. The Morgan fingerprint density at radius 2 is 1.52 bits per heavy atom. The van der Waals surface area contributed by atoms with Crippen molar-refractivity contribution in [2.24, 2.45) is 0 Å². The topological polar surface area (TPSA) is 29.1 Å². The summed E-state index contributed by atoms with van der Waals surface area (Å²) in [5, 5.41) is 4.97. The Morgan fingerprint density at radius 3 is 2.24 bits per heavy atom. The van der Waals surface area contributed by atoms with Gasteiger partial charge < -0.3 is 5.32 Å². The molecule has 1 N–H and O–H groups in total. The third-order valence-corrected chi connectivity index (χ3v) is 4.27. The van der Waals surface area contributed by atoms with Gasteiger partial charge in [-0.25, -0.2) is 0 Å². The van der Waals surface area contributed by atoms with Crippen molar-refractivity contribution in [1.82, 2.24) is 0 Å². The molecule has 0 saturated carbocycles. The Labute approximate surface area is 131 Å². The second-order valence-corrected chi connectivity index (χ2v) is 5.61. The van der Waals surface area contributed by atoms with Crippen LogP contribution in [0.1, 0.15) is 10.4 Å². The van der Waals surface area contributed by atoms with Crippen molar-refractivity contribution in [2.75, 3.05) is 5.32 Å². The van der Waals surface area contributed by atoms with Gasteiger partial charge in [-0.15, -0.1) is 0 Å². The number of hydrogen-bond donors (Lipinski definition) is 1. The van der Waals surface area contributed by atoms with E-state index in [9.17, 15) is 4.79 Å². The normalized spacial score (nSPS) is 10.5. The average Bonchev–Trinajstić information content (AvgIpc) is 2.56. The molecule has 1 amide bonds. The van der Waals surface area contributed by atoms with Gasteiger partial charge in [0.05, 0.1) is 0 Å². The first-order valence-corrected chi connectivity index (χ1v) is 8.10. The standard InChI is InChI=1S/C17H12ClNOS/c18-21-16-11-10-15(13-8-4-5-9-14(13)16)19-17(20)12-6-2-1-3-7-12/h1-11H,(H,19,20). The van der Waals surface area contributed by atoms with Crippen LogP contribution in [0.15, 0.2) is 71.6 Å². The van der Waals surface area contributed by atoms with E-state index in [4.69, 9.17) is 10.7 Å². The molecule has 2 nitrogen and oxygen atoms in total. The molecule has 0 spiro atoms. The van der Waals surface area contributed by atoms with E-state index in [0.29, 0.717) is 5.56 Å². The van der Waals surface area contributed by atoms with Crippen molar-refractivity contribution < 1.29 is 4.79 Å². The minimum atomic E-state index is -0.118. The molecule has 0 aromatic heterocycles. The average molecular weight is 314 g/mol. The molecule has 0 unspecified atom stereocenters. The van der Waals surface area contributed by atoms with Crippen molar-refractivity contribution in [2.45, 2.75) is 4.90 Å². The van der Waals surface area contributed by atoms with Crippen molar-refractivity contribution in [3.63, 3.8) is 0 Å². The lowest BCUT2D eigenvalue weighted by molar-refractivity contribution is 0.102. The van der Waals surface area contributed by atoms with Gasteiger partial charge in [-0.2, -0.15) is 0 Å². The molecule has 21 heavy (non-hydrogen) atoms. The maximum atomic E-state index is 12.3. The number of nitrogens with one attached hydrogen (secondary N) is 1. The van der Waals surface area contributed by atoms with Crippen molar-refractivity contribution in [3.8, 4) is 0 Å². The van der Waals surface area contributed by atoms with E-state index in [0.717, 1.165) is 21.4 Å². The van der Waals surface area contributed by atoms with Gasteiger partial charge in [0.25, 0.3) is 5.91 Å². The quantitative estimate of drug-likeness (QED) is 0.707. The fraction of sp³-hybridized carbons (Fsp3) is 0. The smallest absolute Gasteiger partial charge is 0.255 e. The van der Waals surface area contributed by atoms with Gasteiger partial charge >= 0.3 is 0 Å². The van der Waals surface area contributed by atoms with Gasteiger partial charge in [0.15, 0.2) is 0 Å². The van der Waals surface area contributed by atoms with E-state index in [1.807, 2.05) is 54.6 Å².